The maximum absolute atomic E-state index is 5.67. The van der Waals surface area contributed by atoms with Crippen molar-refractivity contribution in [2.75, 3.05) is 13.7 Å². The summed E-state index contributed by atoms with van der Waals surface area (Å²) in [7, 11) is 1.78. The van der Waals surface area contributed by atoms with Gasteiger partial charge in [0.2, 0.25) is 0 Å². The highest BCUT2D eigenvalue weighted by Gasteiger charge is 2.27. The molecular formula is C21H23NO. The number of ether oxygens (including phenoxy) is 1. The summed E-state index contributed by atoms with van der Waals surface area (Å²) in [5.41, 5.74) is 10.9. The van der Waals surface area contributed by atoms with Crippen molar-refractivity contribution in [2.45, 2.75) is 33.7 Å². The molecule has 2 heterocycles. The zero-order valence-electron chi connectivity index (χ0n) is 14.4. The predicted octanol–water partition coefficient (Wildman–Crippen LogP) is 4.49. The fourth-order valence-corrected chi connectivity index (χ4v) is 3.88. The van der Waals surface area contributed by atoms with E-state index in [9.17, 15) is 0 Å². The number of hydrogen-bond donors (Lipinski definition) is 0. The Bertz CT molecular complexity index is 832. The van der Waals surface area contributed by atoms with Crippen LogP contribution in [0.1, 0.15) is 38.9 Å². The van der Waals surface area contributed by atoms with Crippen LogP contribution < -0.4 is 4.74 Å². The van der Waals surface area contributed by atoms with Crippen LogP contribution in [0, 0.1) is 20.8 Å². The Kier molecular flexibility index (Phi) is 3.22. The summed E-state index contributed by atoms with van der Waals surface area (Å²) in [6, 6.07) is 9.12. The summed E-state index contributed by atoms with van der Waals surface area (Å²) in [6.07, 6.45) is 3.46. The van der Waals surface area contributed by atoms with Crippen LogP contribution in [0.3, 0.4) is 0 Å². The minimum atomic E-state index is 0.943. The molecule has 0 N–H and O–H groups in total. The van der Waals surface area contributed by atoms with Gasteiger partial charge in [-0.1, -0.05) is 18.2 Å². The lowest BCUT2D eigenvalue weighted by Crippen LogP contribution is -2.31. The second-order valence-corrected chi connectivity index (χ2v) is 6.78. The minimum absolute atomic E-state index is 0.943. The number of aryl methyl sites for hydroxylation is 3. The van der Waals surface area contributed by atoms with Gasteiger partial charge in [0.25, 0.3) is 0 Å². The number of methoxy groups -OCH3 is 1. The third-order valence-electron chi connectivity index (χ3n) is 5.33. The molecule has 0 unspecified atom stereocenters. The van der Waals surface area contributed by atoms with Gasteiger partial charge in [0.05, 0.1) is 7.11 Å². The molecule has 0 aliphatic carbocycles. The molecule has 0 spiro atoms. The Morgan fingerprint density at radius 1 is 1.00 bits per heavy atom. The second-order valence-electron chi connectivity index (χ2n) is 6.78. The van der Waals surface area contributed by atoms with Crippen molar-refractivity contribution in [3.63, 3.8) is 0 Å². The van der Waals surface area contributed by atoms with Gasteiger partial charge >= 0.3 is 0 Å². The van der Waals surface area contributed by atoms with Crippen LogP contribution in [0.4, 0.5) is 0 Å². The third kappa shape index (κ3) is 2.16. The number of fused-ring (bicyclic) bond motifs is 4. The molecule has 0 bridgehead atoms. The standard InChI is InChI=1S/C21H23NO/c1-13-5-6-16-11-20-18-10-15(3)14(2)9-17(18)7-8-22(20)12-19(16)21(13)23-4/h5-6,9-11H,7-8,12H2,1-4H3. The van der Waals surface area contributed by atoms with Crippen molar-refractivity contribution in [2.24, 2.45) is 0 Å². The zero-order chi connectivity index (χ0) is 16.1. The fraction of sp³-hybridized carbons (Fsp3) is 0.333. The van der Waals surface area contributed by atoms with Crippen LogP contribution in [0.2, 0.25) is 0 Å². The van der Waals surface area contributed by atoms with E-state index >= 15 is 0 Å². The first-order valence-corrected chi connectivity index (χ1v) is 8.32. The minimum Gasteiger partial charge on any atom is -0.496 e. The van der Waals surface area contributed by atoms with Gasteiger partial charge in [0.15, 0.2) is 0 Å². The molecule has 0 saturated carbocycles. The number of nitrogens with zero attached hydrogens (tertiary/aromatic N) is 1. The molecule has 23 heavy (non-hydrogen) atoms. The van der Waals surface area contributed by atoms with Crippen LogP contribution in [0.15, 0.2) is 24.3 Å². The number of rotatable bonds is 1. The van der Waals surface area contributed by atoms with Gasteiger partial charge < -0.3 is 9.64 Å². The van der Waals surface area contributed by atoms with E-state index in [4.69, 9.17) is 4.74 Å². The molecule has 0 saturated heterocycles. The monoisotopic (exact) mass is 305 g/mol. The first kappa shape index (κ1) is 14.4. The average Bonchev–Trinajstić information content (AvgIpc) is 2.54. The van der Waals surface area contributed by atoms with Gasteiger partial charge in [-0.15, -0.1) is 0 Å². The number of benzene rings is 2. The predicted molar refractivity (Wildman–Crippen MR) is 95.6 cm³/mol. The van der Waals surface area contributed by atoms with Crippen molar-refractivity contribution in [1.82, 2.24) is 4.90 Å². The Morgan fingerprint density at radius 2 is 1.78 bits per heavy atom. The Morgan fingerprint density at radius 3 is 2.57 bits per heavy atom. The van der Waals surface area contributed by atoms with E-state index in [1.165, 1.54) is 44.6 Å². The first-order valence-electron chi connectivity index (χ1n) is 8.32. The highest BCUT2D eigenvalue weighted by molar-refractivity contribution is 5.86. The quantitative estimate of drug-likeness (QED) is 0.769. The highest BCUT2D eigenvalue weighted by Crippen LogP contribution is 2.40. The van der Waals surface area contributed by atoms with E-state index in [-0.39, 0.29) is 0 Å². The summed E-state index contributed by atoms with van der Waals surface area (Å²) in [5.74, 6) is 1.05. The molecule has 118 valence electrons. The molecule has 0 fully saturated rings. The van der Waals surface area contributed by atoms with Crippen molar-refractivity contribution >= 4 is 11.8 Å². The van der Waals surface area contributed by atoms with Crippen molar-refractivity contribution in [3.05, 3.63) is 63.2 Å². The highest BCUT2D eigenvalue weighted by atomic mass is 16.5. The van der Waals surface area contributed by atoms with Crippen molar-refractivity contribution in [1.29, 1.82) is 0 Å². The lowest BCUT2D eigenvalue weighted by molar-refractivity contribution is 0.358. The van der Waals surface area contributed by atoms with Gasteiger partial charge in [-0.3, -0.25) is 0 Å². The molecule has 0 radical (unpaired) electrons. The largest absolute Gasteiger partial charge is 0.496 e. The van der Waals surface area contributed by atoms with E-state index in [1.807, 2.05) is 0 Å². The molecule has 2 heteroatoms. The lowest BCUT2D eigenvalue weighted by Gasteiger charge is -2.37. The average molecular weight is 305 g/mol. The van der Waals surface area contributed by atoms with E-state index in [1.54, 1.807) is 7.11 Å². The van der Waals surface area contributed by atoms with Crippen LogP contribution in [0.5, 0.6) is 5.75 Å². The van der Waals surface area contributed by atoms with Crippen molar-refractivity contribution in [3.8, 4) is 5.75 Å². The Hall–Kier alpha value is -2.22. The summed E-state index contributed by atoms with van der Waals surface area (Å²) in [4.78, 5) is 2.50. The van der Waals surface area contributed by atoms with Gasteiger partial charge in [0, 0.05) is 29.9 Å². The molecule has 0 amide bonds. The van der Waals surface area contributed by atoms with E-state index in [0.717, 1.165) is 25.3 Å². The van der Waals surface area contributed by atoms with Crippen molar-refractivity contribution < 1.29 is 4.74 Å². The van der Waals surface area contributed by atoms with Crippen LogP contribution in [-0.2, 0) is 13.0 Å². The molecular weight excluding hydrogens is 282 g/mol. The summed E-state index contributed by atoms with van der Waals surface area (Å²) in [6.45, 7) is 8.56. The molecule has 2 aliphatic rings. The van der Waals surface area contributed by atoms with E-state index < -0.39 is 0 Å². The van der Waals surface area contributed by atoms with Crippen LogP contribution >= 0.6 is 0 Å². The maximum Gasteiger partial charge on any atom is 0.127 e. The SMILES string of the molecule is COc1c(C)ccc2c1CN1CCc3cc(C)c(C)cc3C1=C2. The molecule has 0 aromatic heterocycles. The summed E-state index contributed by atoms with van der Waals surface area (Å²) < 4.78 is 5.67. The summed E-state index contributed by atoms with van der Waals surface area (Å²) >= 11 is 0. The van der Waals surface area contributed by atoms with Crippen LogP contribution in [-0.4, -0.2) is 18.6 Å². The molecule has 2 nitrogen and oxygen atoms in total. The van der Waals surface area contributed by atoms with E-state index in [2.05, 4.69) is 56.0 Å². The maximum atomic E-state index is 5.67. The fourth-order valence-electron chi connectivity index (χ4n) is 3.88. The van der Waals surface area contributed by atoms with Crippen LogP contribution in [0.25, 0.3) is 11.8 Å². The third-order valence-corrected chi connectivity index (χ3v) is 5.33. The second kappa shape index (κ2) is 5.16. The molecule has 2 aromatic rings. The smallest absolute Gasteiger partial charge is 0.127 e. The van der Waals surface area contributed by atoms with Gasteiger partial charge in [-0.05, 0) is 67.2 Å². The van der Waals surface area contributed by atoms with Gasteiger partial charge in [-0.2, -0.15) is 0 Å². The molecule has 2 aromatic carbocycles. The Balaban J connectivity index is 1.90. The molecule has 4 rings (SSSR count). The number of hydrogen-bond acceptors (Lipinski definition) is 2. The Labute approximate surface area is 138 Å². The first-order chi connectivity index (χ1) is 11.1. The zero-order valence-corrected chi connectivity index (χ0v) is 14.4. The molecule has 0 atom stereocenters. The summed E-state index contributed by atoms with van der Waals surface area (Å²) in [5, 5.41) is 0. The molecule has 2 aliphatic heterocycles. The van der Waals surface area contributed by atoms with Gasteiger partial charge in [-0.25, -0.2) is 0 Å². The topological polar surface area (TPSA) is 12.5 Å². The lowest BCUT2D eigenvalue weighted by atomic mass is 9.88. The van der Waals surface area contributed by atoms with Gasteiger partial charge in [0.1, 0.15) is 5.75 Å². The van der Waals surface area contributed by atoms with E-state index in [0.29, 0.717) is 0 Å². The normalized spacial score (nSPS) is 15.5.